The van der Waals surface area contributed by atoms with Gasteiger partial charge in [0.25, 0.3) is 0 Å². The summed E-state index contributed by atoms with van der Waals surface area (Å²) >= 11 is 0. The molecule has 2 unspecified atom stereocenters. The van der Waals surface area contributed by atoms with Crippen molar-refractivity contribution in [3.8, 4) is 0 Å². The second-order valence-electron chi connectivity index (χ2n) is 11.3. The van der Waals surface area contributed by atoms with E-state index in [2.05, 4.69) is 43.4 Å². The van der Waals surface area contributed by atoms with Crippen LogP contribution in [0.2, 0.25) is 0 Å². The lowest BCUT2D eigenvalue weighted by atomic mass is 10.1. The van der Waals surface area contributed by atoms with E-state index in [1.54, 1.807) is 21.1 Å². The zero-order valence-corrected chi connectivity index (χ0v) is 26.4. The molecule has 0 amide bonds. The highest BCUT2D eigenvalue weighted by atomic mass is 16.6. The first-order valence-electron chi connectivity index (χ1n) is 15.5. The number of unbranched alkanes of at least 4 members (excludes halogenated alkanes) is 6. The summed E-state index contributed by atoms with van der Waals surface area (Å²) in [7, 11) is 5.35. The lowest BCUT2D eigenvalue weighted by molar-refractivity contribution is -0.889. The van der Waals surface area contributed by atoms with E-state index < -0.39 is 18.1 Å². The van der Waals surface area contributed by atoms with Gasteiger partial charge < -0.3 is 28.6 Å². The van der Waals surface area contributed by atoms with E-state index in [4.69, 9.17) is 14.2 Å². The third kappa shape index (κ3) is 23.9. The molecule has 0 aromatic carbocycles. The maximum absolute atomic E-state index is 12.4. The number of quaternary nitrogens is 1. The molecule has 0 aliphatic rings. The Balaban J connectivity index is 4.31. The third-order valence-corrected chi connectivity index (χ3v) is 6.54. The van der Waals surface area contributed by atoms with Crippen LogP contribution in [0.3, 0.4) is 0 Å². The molecule has 0 N–H and O–H groups in total. The van der Waals surface area contributed by atoms with Crippen molar-refractivity contribution in [2.45, 2.75) is 116 Å². The number of carbonyl (C=O) groups is 3. The molecule has 0 radical (unpaired) electrons. The van der Waals surface area contributed by atoms with Gasteiger partial charge in [0.15, 0.2) is 6.10 Å². The second kappa shape index (κ2) is 25.3. The number of allylic oxidation sites excluding steroid dienone is 6. The van der Waals surface area contributed by atoms with Crippen molar-refractivity contribution in [2.24, 2.45) is 0 Å². The number of carbonyl (C=O) groups excluding carboxylic acids is 3. The van der Waals surface area contributed by atoms with Crippen LogP contribution in [-0.2, 0) is 28.6 Å². The van der Waals surface area contributed by atoms with Crippen LogP contribution in [0.1, 0.15) is 104 Å². The van der Waals surface area contributed by atoms with Crippen molar-refractivity contribution in [1.82, 2.24) is 0 Å². The highest BCUT2D eigenvalue weighted by Gasteiger charge is 2.25. The number of ether oxygens (including phenoxy) is 3. The van der Waals surface area contributed by atoms with Crippen LogP contribution in [0.25, 0.3) is 0 Å². The third-order valence-electron chi connectivity index (χ3n) is 6.54. The van der Waals surface area contributed by atoms with E-state index in [0.717, 1.165) is 70.6 Å². The van der Waals surface area contributed by atoms with E-state index >= 15 is 0 Å². The molecule has 0 spiro atoms. The summed E-state index contributed by atoms with van der Waals surface area (Å²) in [6, 6.07) is -0.723. The largest absolute Gasteiger partial charge is 0.544 e. The highest BCUT2D eigenvalue weighted by Crippen LogP contribution is 2.11. The van der Waals surface area contributed by atoms with Crippen LogP contribution in [0.15, 0.2) is 36.5 Å². The molecule has 0 saturated carbocycles. The van der Waals surface area contributed by atoms with Gasteiger partial charge in [0.2, 0.25) is 0 Å². The lowest BCUT2D eigenvalue weighted by Crippen LogP contribution is -2.55. The van der Waals surface area contributed by atoms with E-state index in [1.807, 2.05) is 6.92 Å². The molecule has 0 aliphatic carbocycles. The summed E-state index contributed by atoms with van der Waals surface area (Å²) in [5.74, 6) is -1.81. The topological polar surface area (TPSA) is 102 Å². The Morgan fingerprint density at radius 2 is 1.37 bits per heavy atom. The van der Waals surface area contributed by atoms with Crippen molar-refractivity contribution in [1.29, 1.82) is 0 Å². The molecule has 8 heteroatoms. The molecule has 8 nitrogen and oxygen atoms in total. The van der Waals surface area contributed by atoms with E-state index in [-0.39, 0.29) is 42.7 Å². The molecule has 0 aromatic rings. The van der Waals surface area contributed by atoms with Crippen LogP contribution >= 0.6 is 0 Å². The summed E-state index contributed by atoms with van der Waals surface area (Å²) in [5, 5.41) is 11.4. The van der Waals surface area contributed by atoms with Gasteiger partial charge >= 0.3 is 11.9 Å². The van der Waals surface area contributed by atoms with Gasteiger partial charge in [0, 0.05) is 19.3 Å². The van der Waals surface area contributed by atoms with Gasteiger partial charge in [0.1, 0.15) is 12.6 Å². The fourth-order valence-electron chi connectivity index (χ4n) is 4.06. The first-order chi connectivity index (χ1) is 19.6. The summed E-state index contributed by atoms with van der Waals surface area (Å²) in [6.45, 7) is 4.25. The number of carboxylic acids is 1. The molecule has 0 aromatic heterocycles. The summed E-state index contributed by atoms with van der Waals surface area (Å²) in [5.41, 5.74) is 0. The fraction of sp³-hybridized carbons (Fsp3) is 0.727. The second-order valence-corrected chi connectivity index (χ2v) is 11.3. The predicted molar refractivity (Wildman–Crippen MR) is 162 cm³/mol. The summed E-state index contributed by atoms with van der Waals surface area (Å²) in [6.07, 6.45) is 24.1. The van der Waals surface area contributed by atoms with Gasteiger partial charge in [-0.25, -0.2) is 0 Å². The number of likely N-dealkylation sites (N-methyl/N-ethyl adjacent to an activating group) is 1. The minimum Gasteiger partial charge on any atom is -0.544 e. The number of aliphatic carboxylic acids is 1. The minimum atomic E-state index is -1.13. The Kier molecular flexibility index (Phi) is 23.8. The molecule has 0 heterocycles. The van der Waals surface area contributed by atoms with Crippen LogP contribution in [-0.4, -0.2) is 75.5 Å². The molecular weight excluding hydrogens is 522 g/mol. The molecule has 41 heavy (non-hydrogen) atoms. The standard InChI is InChI=1S/C33H57NO7/c1-6-8-10-11-12-13-14-15-16-17-18-19-20-21-22-24-32(36)41-29(28-40-31(35)23-9-7-2)27-39-26-25-30(33(37)38)34(3,4)5/h8,10,12-13,15-16,29-30H,6-7,9,11,14,17-28H2,1-5H3/b10-8-,13-12-,16-15-. The molecule has 0 rings (SSSR count). The molecule has 0 aliphatic heterocycles. The fourth-order valence-corrected chi connectivity index (χ4v) is 4.06. The average Bonchev–Trinajstić information content (AvgIpc) is 2.91. The Hall–Kier alpha value is -2.45. The Labute approximate surface area is 249 Å². The number of nitrogens with zero attached hydrogens (tertiary/aromatic N) is 1. The minimum absolute atomic E-state index is 0.0307. The van der Waals surface area contributed by atoms with Gasteiger partial charge in [-0.05, 0) is 44.9 Å². The molecule has 0 fully saturated rings. The van der Waals surface area contributed by atoms with Crippen LogP contribution in [0.4, 0.5) is 0 Å². The highest BCUT2D eigenvalue weighted by molar-refractivity contribution is 5.70. The Bertz CT molecular complexity index is 783. The smallest absolute Gasteiger partial charge is 0.306 e. The molecule has 2 atom stereocenters. The monoisotopic (exact) mass is 579 g/mol. The van der Waals surface area contributed by atoms with Crippen molar-refractivity contribution < 1.29 is 38.2 Å². The Morgan fingerprint density at radius 1 is 0.756 bits per heavy atom. The SMILES string of the molecule is CC/C=C\C/C=C\C/C=C\CCCCCCCC(=O)OC(COCCC(C(=O)[O-])[N+](C)(C)C)COC(=O)CCCC. The lowest BCUT2D eigenvalue weighted by Gasteiger charge is -2.34. The van der Waals surface area contributed by atoms with E-state index in [9.17, 15) is 19.5 Å². The molecule has 0 saturated heterocycles. The number of rotatable bonds is 26. The van der Waals surface area contributed by atoms with Crippen molar-refractivity contribution in [2.75, 3.05) is 41.0 Å². The quantitative estimate of drug-likeness (QED) is 0.0581. The summed E-state index contributed by atoms with van der Waals surface area (Å²) in [4.78, 5) is 35.8. The van der Waals surface area contributed by atoms with Gasteiger partial charge in [-0.2, -0.15) is 0 Å². The zero-order chi connectivity index (χ0) is 30.8. The van der Waals surface area contributed by atoms with Crippen LogP contribution < -0.4 is 5.11 Å². The van der Waals surface area contributed by atoms with E-state index in [0.29, 0.717) is 12.8 Å². The average molecular weight is 580 g/mol. The van der Waals surface area contributed by atoms with Crippen molar-refractivity contribution in [3.05, 3.63) is 36.5 Å². The predicted octanol–water partition coefficient (Wildman–Crippen LogP) is 5.45. The maximum Gasteiger partial charge on any atom is 0.306 e. The first-order valence-corrected chi connectivity index (χ1v) is 15.5. The van der Waals surface area contributed by atoms with Gasteiger partial charge in [-0.15, -0.1) is 0 Å². The van der Waals surface area contributed by atoms with Crippen LogP contribution in [0, 0.1) is 0 Å². The number of esters is 2. The molecule has 0 bridgehead atoms. The summed E-state index contributed by atoms with van der Waals surface area (Å²) < 4.78 is 16.7. The normalized spacial score (nSPS) is 13.7. The number of hydrogen-bond donors (Lipinski definition) is 0. The van der Waals surface area contributed by atoms with Gasteiger partial charge in [-0.3, -0.25) is 9.59 Å². The molecule has 236 valence electrons. The van der Waals surface area contributed by atoms with Crippen molar-refractivity contribution in [3.63, 3.8) is 0 Å². The molecular formula is C33H57NO7. The van der Waals surface area contributed by atoms with Crippen molar-refractivity contribution >= 4 is 17.9 Å². The number of carboxylic acid groups (broad SMARTS) is 1. The Morgan fingerprint density at radius 3 is 2.00 bits per heavy atom. The number of hydrogen-bond acceptors (Lipinski definition) is 7. The van der Waals surface area contributed by atoms with Gasteiger partial charge in [0.05, 0.1) is 40.3 Å². The van der Waals surface area contributed by atoms with Gasteiger partial charge in [-0.1, -0.05) is 76.0 Å². The van der Waals surface area contributed by atoms with E-state index in [1.165, 1.54) is 0 Å². The van der Waals surface area contributed by atoms with Crippen LogP contribution in [0.5, 0.6) is 0 Å². The zero-order valence-electron chi connectivity index (χ0n) is 26.4. The maximum atomic E-state index is 12.4. The first kappa shape index (κ1) is 38.5.